The Morgan fingerprint density at radius 1 is 0.947 bits per heavy atom. The van der Waals surface area contributed by atoms with Gasteiger partial charge in [0.15, 0.2) is 11.4 Å². The molecule has 3 aliphatic carbocycles. The predicted molar refractivity (Wildman–Crippen MR) is 134 cm³/mol. The van der Waals surface area contributed by atoms with Crippen LogP contribution in [0, 0.1) is 11.8 Å². The van der Waals surface area contributed by atoms with Crippen molar-refractivity contribution in [3.05, 3.63) is 69.2 Å². The third-order valence-corrected chi connectivity index (χ3v) is 9.13. The zero-order valence-corrected chi connectivity index (χ0v) is 27.9. The van der Waals surface area contributed by atoms with E-state index in [-0.39, 0.29) is 81.7 Å². The molecule has 0 aromatic heterocycles. The third kappa shape index (κ3) is 5.35. The molecule has 2 aromatic rings. The van der Waals surface area contributed by atoms with Crippen LogP contribution < -0.4 is 68.4 Å². The second-order valence-electron chi connectivity index (χ2n) is 10.1. The second kappa shape index (κ2) is 12.0. The van der Waals surface area contributed by atoms with Gasteiger partial charge in [0.25, 0.3) is 5.79 Å². The van der Waals surface area contributed by atoms with Gasteiger partial charge in [0.05, 0.1) is 5.02 Å². The SMILES string of the molecule is O=P(O)(O)Oc1cc(C2(Oc3ccc(Cl)cc3)OOC23C2CCCC3C3=C(CCCC3)C2)ccc1Cl.[Na+].[Na+]. The largest absolute Gasteiger partial charge is 1.00 e. The quantitative estimate of drug-likeness (QED) is 0.230. The Morgan fingerprint density at radius 3 is 2.37 bits per heavy atom. The second-order valence-corrected chi connectivity index (χ2v) is 12.1. The molecule has 192 valence electrons. The van der Waals surface area contributed by atoms with Crippen LogP contribution >= 0.6 is 31.0 Å². The molecule has 6 rings (SSSR count). The first-order valence-electron chi connectivity index (χ1n) is 12.3. The van der Waals surface area contributed by atoms with Crippen LogP contribution in [-0.4, -0.2) is 15.4 Å². The maximum absolute atomic E-state index is 11.6. The molecule has 2 aromatic carbocycles. The molecule has 38 heavy (non-hydrogen) atoms. The van der Waals surface area contributed by atoms with Gasteiger partial charge in [-0.05, 0) is 81.3 Å². The van der Waals surface area contributed by atoms with Crippen LogP contribution in [0.5, 0.6) is 11.5 Å². The molecule has 1 heterocycles. The van der Waals surface area contributed by atoms with Crippen LogP contribution in [0.15, 0.2) is 53.6 Å². The fourth-order valence-corrected chi connectivity index (χ4v) is 7.50. The Kier molecular flexibility index (Phi) is 9.88. The van der Waals surface area contributed by atoms with Gasteiger partial charge in [-0.1, -0.05) is 46.8 Å². The molecule has 1 saturated heterocycles. The van der Waals surface area contributed by atoms with Crippen molar-refractivity contribution in [3.8, 4) is 11.5 Å². The number of phosphoric ester groups is 1. The van der Waals surface area contributed by atoms with E-state index in [0.29, 0.717) is 16.3 Å². The maximum atomic E-state index is 11.6. The molecule has 2 N–H and O–H groups in total. The first-order valence-corrected chi connectivity index (χ1v) is 14.6. The fraction of sp³-hybridized carbons (Fsp3) is 0.462. The van der Waals surface area contributed by atoms with Gasteiger partial charge in [-0.3, -0.25) is 9.79 Å². The Bertz CT molecular complexity index is 1270. The van der Waals surface area contributed by atoms with Crippen molar-refractivity contribution in [2.24, 2.45) is 11.8 Å². The van der Waals surface area contributed by atoms with Crippen LogP contribution in [0.1, 0.15) is 56.9 Å². The minimum absolute atomic E-state index is 0. The Hall–Kier alpha value is 0.430. The van der Waals surface area contributed by atoms with E-state index in [1.807, 2.05) is 0 Å². The number of phosphoric acid groups is 1. The number of rotatable bonds is 5. The van der Waals surface area contributed by atoms with Crippen molar-refractivity contribution in [1.29, 1.82) is 0 Å². The standard InChI is InChI=1S/C26H27Cl2O7P.2Na/c27-19-9-11-20(12-10-19)32-26(18-8-13-23(28)24(15-18)33-36(29,30)31)25(34-35-26)17-5-3-7-22(25)21-6-2-1-4-16(21)14-17;;/h8-13,15,17,22H,1-7,14H2,(H2,29,30,31);;/q;2*+1. The van der Waals surface area contributed by atoms with Gasteiger partial charge in [-0.25, -0.2) is 9.45 Å². The summed E-state index contributed by atoms with van der Waals surface area (Å²) in [5.41, 5.74) is 2.74. The van der Waals surface area contributed by atoms with E-state index in [0.717, 1.165) is 44.9 Å². The molecule has 12 heteroatoms. The first kappa shape index (κ1) is 31.4. The van der Waals surface area contributed by atoms with Gasteiger partial charge >= 0.3 is 66.9 Å². The van der Waals surface area contributed by atoms with E-state index in [1.165, 1.54) is 24.1 Å². The molecule has 0 radical (unpaired) electrons. The molecule has 1 spiro atoms. The van der Waals surface area contributed by atoms with Gasteiger partial charge < -0.3 is 9.26 Å². The van der Waals surface area contributed by atoms with Gasteiger partial charge in [0, 0.05) is 22.4 Å². The molecule has 7 nitrogen and oxygen atoms in total. The summed E-state index contributed by atoms with van der Waals surface area (Å²) in [6.07, 6.45) is 8.51. The van der Waals surface area contributed by atoms with E-state index in [1.54, 1.807) is 35.9 Å². The van der Waals surface area contributed by atoms with Crippen molar-refractivity contribution >= 4 is 31.0 Å². The smallest absolute Gasteiger partial charge is 0.452 e. The van der Waals surface area contributed by atoms with Crippen LogP contribution in [0.2, 0.25) is 10.0 Å². The number of ether oxygens (including phenoxy) is 1. The zero-order valence-electron chi connectivity index (χ0n) is 21.5. The Labute approximate surface area is 276 Å². The van der Waals surface area contributed by atoms with E-state index < -0.39 is 19.2 Å². The monoisotopic (exact) mass is 598 g/mol. The molecule has 2 fully saturated rings. The molecule has 1 aliphatic heterocycles. The van der Waals surface area contributed by atoms with Crippen molar-refractivity contribution in [2.45, 2.75) is 62.8 Å². The minimum Gasteiger partial charge on any atom is -0.452 e. The predicted octanol–water partition coefficient (Wildman–Crippen LogP) is 1.10. The molecule has 2 bridgehead atoms. The maximum Gasteiger partial charge on any atom is 1.00 e. The average molecular weight is 599 g/mol. The van der Waals surface area contributed by atoms with E-state index in [4.69, 9.17) is 42.2 Å². The van der Waals surface area contributed by atoms with Crippen molar-refractivity contribution in [1.82, 2.24) is 0 Å². The zero-order chi connectivity index (χ0) is 25.1. The van der Waals surface area contributed by atoms with Gasteiger partial charge in [0.2, 0.25) is 0 Å². The summed E-state index contributed by atoms with van der Waals surface area (Å²) < 4.78 is 23.2. The number of benzene rings is 2. The fourth-order valence-electron chi connectivity index (χ4n) is 6.75. The van der Waals surface area contributed by atoms with E-state index in [9.17, 15) is 14.4 Å². The summed E-state index contributed by atoms with van der Waals surface area (Å²) in [5, 5.41) is 0.645. The molecular weight excluding hydrogens is 572 g/mol. The molecule has 0 amide bonds. The molecule has 4 unspecified atom stereocenters. The molecule has 1 saturated carbocycles. The minimum atomic E-state index is -4.85. The summed E-state index contributed by atoms with van der Waals surface area (Å²) >= 11 is 12.4. The number of hydrogen-bond donors (Lipinski definition) is 2. The number of hydrogen-bond acceptors (Lipinski definition) is 5. The normalized spacial score (nSPS) is 29.9. The van der Waals surface area contributed by atoms with E-state index in [2.05, 4.69) is 0 Å². The Balaban J connectivity index is 0.00000168. The summed E-state index contributed by atoms with van der Waals surface area (Å²) in [6.45, 7) is 0. The number of fused-ring (bicyclic) bond motifs is 1. The topological polar surface area (TPSA) is 94.5 Å². The number of halogens is 2. The molecule has 4 aliphatic rings. The molecular formula is C26H27Cl2Na2O7P+2. The van der Waals surface area contributed by atoms with Gasteiger partial charge in [0.1, 0.15) is 5.75 Å². The van der Waals surface area contributed by atoms with Gasteiger partial charge in [-0.15, -0.1) is 0 Å². The Morgan fingerprint density at radius 2 is 1.68 bits per heavy atom. The summed E-state index contributed by atoms with van der Waals surface area (Å²) in [7, 11) is -4.85. The van der Waals surface area contributed by atoms with E-state index >= 15 is 0 Å². The summed E-state index contributed by atoms with van der Waals surface area (Å²) in [4.78, 5) is 31.1. The van der Waals surface area contributed by atoms with Crippen molar-refractivity contribution in [2.75, 3.05) is 0 Å². The van der Waals surface area contributed by atoms with Gasteiger partial charge in [-0.2, -0.15) is 4.89 Å². The van der Waals surface area contributed by atoms with Crippen molar-refractivity contribution < 1.29 is 92.5 Å². The first-order chi connectivity index (χ1) is 17.2. The summed E-state index contributed by atoms with van der Waals surface area (Å²) in [6, 6.07) is 11.8. The summed E-state index contributed by atoms with van der Waals surface area (Å²) in [5.74, 6) is -0.703. The van der Waals surface area contributed by atoms with Crippen molar-refractivity contribution in [3.63, 3.8) is 0 Å². The van der Waals surface area contributed by atoms with Crippen LogP contribution in [0.4, 0.5) is 0 Å². The van der Waals surface area contributed by atoms with Crippen LogP contribution in [0.3, 0.4) is 0 Å². The van der Waals surface area contributed by atoms with Crippen LogP contribution in [-0.2, 0) is 20.1 Å². The van der Waals surface area contributed by atoms with Crippen LogP contribution in [0.25, 0.3) is 0 Å². The molecule has 4 atom stereocenters. The number of allylic oxidation sites excluding steroid dienone is 1. The average Bonchev–Trinajstić information content (AvgIpc) is 2.83. The third-order valence-electron chi connectivity index (χ3n) is 8.13.